The van der Waals surface area contributed by atoms with Crippen LogP contribution in [-0.2, 0) is 19.1 Å². The van der Waals surface area contributed by atoms with Gasteiger partial charge in [-0.3, -0.25) is 0 Å². The zero-order valence-electron chi connectivity index (χ0n) is 19.1. The molecule has 2 unspecified atom stereocenters. The molecule has 0 saturated carbocycles. The number of hydrogen-bond donors (Lipinski definition) is 0. The van der Waals surface area contributed by atoms with E-state index in [0.29, 0.717) is 41.8 Å². The molecule has 0 radical (unpaired) electrons. The molecule has 162 valence electrons. The van der Waals surface area contributed by atoms with E-state index in [0.717, 1.165) is 51.4 Å². The lowest BCUT2D eigenvalue weighted by molar-refractivity contribution is -0.141. The molecule has 2 atom stereocenters. The lowest BCUT2D eigenvalue weighted by Gasteiger charge is -2.19. The van der Waals surface area contributed by atoms with Gasteiger partial charge in [-0.2, -0.15) is 0 Å². The molecule has 28 heavy (non-hydrogen) atoms. The highest BCUT2D eigenvalue weighted by Gasteiger charge is 2.21. The van der Waals surface area contributed by atoms with E-state index in [2.05, 4.69) is 34.3 Å². The molecule has 0 heterocycles. The van der Waals surface area contributed by atoms with E-state index in [1.807, 2.05) is 0 Å². The summed E-state index contributed by atoms with van der Waals surface area (Å²) in [5.41, 5.74) is 0.723. The van der Waals surface area contributed by atoms with Crippen molar-refractivity contribution in [3.8, 4) is 0 Å². The SMILES string of the molecule is C=C(C)C(=O)O/C(CC(CC)CCCC)=C(\C)C(=O)OCC(CC)CCCC. The van der Waals surface area contributed by atoms with Crippen molar-refractivity contribution in [3.63, 3.8) is 0 Å². The molecule has 0 N–H and O–H groups in total. The van der Waals surface area contributed by atoms with E-state index in [4.69, 9.17) is 9.47 Å². The Balaban J connectivity index is 5.25. The highest BCUT2D eigenvalue weighted by Crippen LogP contribution is 2.25. The molecule has 0 bridgehead atoms. The minimum absolute atomic E-state index is 0.325. The Morgan fingerprint density at radius 1 is 0.857 bits per heavy atom. The monoisotopic (exact) mass is 394 g/mol. The van der Waals surface area contributed by atoms with Gasteiger partial charge in [0.2, 0.25) is 0 Å². The molecule has 0 aromatic rings. The molecule has 4 nitrogen and oxygen atoms in total. The smallest absolute Gasteiger partial charge is 0.338 e. The topological polar surface area (TPSA) is 52.6 Å². The molecule has 4 heteroatoms. The van der Waals surface area contributed by atoms with E-state index >= 15 is 0 Å². The van der Waals surface area contributed by atoms with Crippen LogP contribution in [0.1, 0.15) is 99.3 Å². The number of ether oxygens (including phenoxy) is 2. The number of carbonyl (C=O) groups is 2. The average molecular weight is 395 g/mol. The fourth-order valence-corrected chi connectivity index (χ4v) is 2.99. The van der Waals surface area contributed by atoms with E-state index in [1.165, 1.54) is 0 Å². The maximum absolute atomic E-state index is 12.6. The predicted octanol–water partition coefficient (Wildman–Crippen LogP) is 6.75. The zero-order valence-corrected chi connectivity index (χ0v) is 19.1. The minimum Gasteiger partial charge on any atom is -0.462 e. The van der Waals surface area contributed by atoms with Crippen LogP contribution in [0.4, 0.5) is 0 Å². The zero-order chi connectivity index (χ0) is 21.5. The maximum atomic E-state index is 12.6. The van der Waals surface area contributed by atoms with Gasteiger partial charge in [0.25, 0.3) is 0 Å². The average Bonchev–Trinajstić information content (AvgIpc) is 2.69. The van der Waals surface area contributed by atoms with Crippen molar-refractivity contribution in [1.82, 2.24) is 0 Å². The first kappa shape index (κ1) is 26.4. The second-order valence-electron chi connectivity index (χ2n) is 7.85. The Morgan fingerprint density at radius 3 is 1.86 bits per heavy atom. The molecule has 0 aromatic heterocycles. The van der Waals surface area contributed by atoms with E-state index in [1.54, 1.807) is 13.8 Å². The van der Waals surface area contributed by atoms with Crippen LogP contribution in [-0.4, -0.2) is 18.5 Å². The van der Waals surface area contributed by atoms with Gasteiger partial charge in [-0.25, -0.2) is 9.59 Å². The number of unbranched alkanes of at least 4 members (excludes halogenated alkanes) is 2. The Hall–Kier alpha value is -1.58. The molecule has 0 saturated heterocycles. The summed E-state index contributed by atoms with van der Waals surface area (Å²) in [7, 11) is 0. The standard InChI is InChI=1S/C24H42O4/c1-8-12-14-20(10-3)16-22(28-23(25)18(5)6)19(7)24(26)27-17-21(11-4)15-13-9-2/h20-21H,5,8-17H2,1-4,6-7H3/b22-19+. The molecule has 0 rings (SSSR count). The quantitative estimate of drug-likeness (QED) is 0.175. The first-order valence-electron chi connectivity index (χ1n) is 11.0. The Labute approximate surface area is 172 Å². The largest absolute Gasteiger partial charge is 0.462 e. The van der Waals surface area contributed by atoms with Gasteiger partial charge in [0.05, 0.1) is 12.2 Å². The molecule has 0 spiro atoms. The third kappa shape index (κ3) is 10.7. The minimum atomic E-state index is -0.484. The normalized spacial score (nSPS) is 14.1. The van der Waals surface area contributed by atoms with Gasteiger partial charge in [-0.1, -0.05) is 79.2 Å². The molecule has 0 aliphatic carbocycles. The Kier molecular flexibility index (Phi) is 14.5. The second-order valence-corrected chi connectivity index (χ2v) is 7.85. The summed E-state index contributed by atoms with van der Waals surface area (Å²) in [6.07, 6.45) is 9.19. The van der Waals surface area contributed by atoms with Gasteiger partial charge in [0, 0.05) is 12.0 Å². The van der Waals surface area contributed by atoms with E-state index in [9.17, 15) is 9.59 Å². The first-order valence-corrected chi connectivity index (χ1v) is 11.0. The van der Waals surface area contributed by atoms with Gasteiger partial charge in [-0.05, 0) is 32.1 Å². The molecule has 0 aliphatic rings. The van der Waals surface area contributed by atoms with Crippen molar-refractivity contribution in [2.75, 3.05) is 6.61 Å². The highest BCUT2D eigenvalue weighted by atomic mass is 16.5. The van der Waals surface area contributed by atoms with Gasteiger partial charge in [0.1, 0.15) is 5.76 Å². The fourth-order valence-electron chi connectivity index (χ4n) is 2.99. The first-order chi connectivity index (χ1) is 13.3. The molecular formula is C24H42O4. The lowest BCUT2D eigenvalue weighted by atomic mass is 9.93. The predicted molar refractivity (Wildman–Crippen MR) is 116 cm³/mol. The van der Waals surface area contributed by atoms with Crippen LogP contribution in [0.2, 0.25) is 0 Å². The molecule has 0 aromatic carbocycles. The third-order valence-electron chi connectivity index (χ3n) is 5.30. The maximum Gasteiger partial charge on any atom is 0.338 e. The summed E-state index contributed by atoms with van der Waals surface area (Å²) in [6.45, 7) is 16.0. The van der Waals surface area contributed by atoms with Gasteiger partial charge >= 0.3 is 11.9 Å². The number of allylic oxidation sites excluding steroid dienone is 1. The number of hydrogen-bond acceptors (Lipinski definition) is 4. The Morgan fingerprint density at radius 2 is 1.39 bits per heavy atom. The van der Waals surface area contributed by atoms with Crippen LogP contribution in [0.15, 0.2) is 23.5 Å². The summed E-state index contributed by atoms with van der Waals surface area (Å²) in [5, 5.41) is 0. The van der Waals surface area contributed by atoms with Crippen LogP contribution in [0.5, 0.6) is 0 Å². The van der Waals surface area contributed by atoms with Crippen LogP contribution in [0.3, 0.4) is 0 Å². The van der Waals surface area contributed by atoms with Crippen LogP contribution in [0, 0.1) is 11.8 Å². The molecular weight excluding hydrogens is 352 g/mol. The lowest BCUT2D eigenvalue weighted by Crippen LogP contribution is -2.18. The van der Waals surface area contributed by atoms with Crippen LogP contribution >= 0.6 is 0 Å². The van der Waals surface area contributed by atoms with Crippen molar-refractivity contribution in [3.05, 3.63) is 23.5 Å². The number of carbonyl (C=O) groups excluding carboxylic acids is 2. The summed E-state index contributed by atoms with van der Waals surface area (Å²) in [4.78, 5) is 24.7. The molecule has 0 fully saturated rings. The summed E-state index contributed by atoms with van der Waals surface area (Å²) < 4.78 is 11.1. The number of esters is 2. The highest BCUT2D eigenvalue weighted by molar-refractivity contribution is 5.91. The van der Waals surface area contributed by atoms with Crippen molar-refractivity contribution >= 4 is 11.9 Å². The summed E-state index contributed by atoms with van der Waals surface area (Å²) in [6, 6.07) is 0. The Bertz CT molecular complexity index is 519. The van der Waals surface area contributed by atoms with E-state index in [-0.39, 0.29) is 5.97 Å². The van der Waals surface area contributed by atoms with Crippen molar-refractivity contribution in [1.29, 1.82) is 0 Å². The molecule has 0 amide bonds. The summed E-state index contributed by atoms with van der Waals surface area (Å²) >= 11 is 0. The van der Waals surface area contributed by atoms with E-state index < -0.39 is 5.97 Å². The van der Waals surface area contributed by atoms with Crippen molar-refractivity contribution in [2.45, 2.75) is 99.3 Å². The third-order valence-corrected chi connectivity index (χ3v) is 5.30. The number of rotatable bonds is 15. The summed E-state index contributed by atoms with van der Waals surface area (Å²) in [5.74, 6) is 0.323. The van der Waals surface area contributed by atoms with Crippen LogP contribution in [0.25, 0.3) is 0 Å². The van der Waals surface area contributed by atoms with Crippen molar-refractivity contribution < 1.29 is 19.1 Å². The van der Waals surface area contributed by atoms with Crippen molar-refractivity contribution in [2.24, 2.45) is 11.8 Å². The fraction of sp³-hybridized carbons (Fsp3) is 0.750. The second kappa shape index (κ2) is 15.4. The van der Waals surface area contributed by atoms with Gasteiger partial charge in [-0.15, -0.1) is 0 Å². The van der Waals surface area contributed by atoms with Gasteiger partial charge < -0.3 is 9.47 Å². The molecule has 0 aliphatic heterocycles. The van der Waals surface area contributed by atoms with Gasteiger partial charge in [0.15, 0.2) is 0 Å². The van der Waals surface area contributed by atoms with Crippen LogP contribution < -0.4 is 0 Å².